The Bertz CT molecular complexity index is 277. The molecule has 3 nitrogen and oxygen atoms in total. The number of hydrogen-bond donors (Lipinski definition) is 1. The molecule has 0 fully saturated rings. The molecule has 11 heavy (non-hydrogen) atoms. The summed E-state index contributed by atoms with van der Waals surface area (Å²) in [5.41, 5.74) is 1.01. The molecule has 0 atom stereocenters. The van der Waals surface area contributed by atoms with Gasteiger partial charge in [0.1, 0.15) is 11.2 Å². The first kappa shape index (κ1) is 6.91. The van der Waals surface area contributed by atoms with E-state index in [1.54, 1.807) is 6.20 Å². The Labute approximate surface area is 72.9 Å². The van der Waals surface area contributed by atoms with Gasteiger partial charge in [-0.05, 0) is 22.0 Å². The van der Waals surface area contributed by atoms with E-state index in [1.807, 2.05) is 6.07 Å². The first-order valence-corrected chi connectivity index (χ1v) is 4.18. The number of halogens is 1. The summed E-state index contributed by atoms with van der Waals surface area (Å²) in [6.07, 6.45) is 1.71. The number of aromatic nitrogens is 1. The van der Waals surface area contributed by atoms with Crippen molar-refractivity contribution in [1.29, 1.82) is 0 Å². The SMILES string of the molecule is Brc1cc2c(cn1)OCCN2. The highest BCUT2D eigenvalue weighted by molar-refractivity contribution is 9.10. The summed E-state index contributed by atoms with van der Waals surface area (Å²) in [4.78, 5) is 4.04. The molecule has 1 aliphatic rings. The summed E-state index contributed by atoms with van der Waals surface area (Å²) in [6.45, 7) is 1.58. The number of nitrogens with one attached hydrogen (secondary N) is 1. The molecule has 1 aromatic rings. The Balaban J connectivity index is 2.43. The van der Waals surface area contributed by atoms with Crippen molar-refractivity contribution in [3.05, 3.63) is 16.9 Å². The van der Waals surface area contributed by atoms with Gasteiger partial charge in [0.2, 0.25) is 0 Å². The Kier molecular flexibility index (Phi) is 1.69. The van der Waals surface area contributed by atoms with Gasteiger partial charge in [0.25, 0.3) is 0 Å². The second-order valence-electron chi connectivity index (χ2n) is 2.28. The average Bonchev–Trinajstić information content (AvgIpc) is 2.04. The molecule has 1 aliphatic heterocycles. The minimum absolute atomic E-state index is 0.719. The van der Waals surface area contributed by atoms with Gasteiger partial charge in [-0.3, -0.25) is 0 Å². The number of anilines is 1. The first-order valence-electron chi connectivity index (χ1n) is 3.38. The predicted molar refractivity (Wildman–Crippen MR) is 45.9 cm³/mol. The summed E-state index contributed by atoms with van der Waals surface area (Å²) in [6, 6.07) is 1.91. The minimum atomic E-state index is 0.719. The van der Waals surface area contributed by atoms with E-state index < -0.39 is 0 Å². The van der Waals surface area contributed by atoms with E-state index >= 15 is 0 Å². The maximum Gasteiger partial charge on any atom is 0.160 e. The fourth-order valence-electron chi connectivity index (χ4n) is 1.02. The van der Waals surface area contributed by atoms with Crippen LogP contribution < -0.4 is 10.1 Å². The van der Waals surface area contributed by atoms with Crippen molar-refractivity contribution in [3.8, 4) is 5.75 Å². The zero-order valence-corrected chi connectivity index (χ0v) is 7.39. The summed E-state index contributed by atoms with van der Waals surface area (Å²) in [5, 5.41) is 3.21. The molecule has 0 radical (unpaired) electrons. The van der Waals surface area contributed by atoms with Gasteiger partial charge in [0.15, 0.2) is 5.75 Å². The Morgan fingerprint density at radius 2 is 2.55 bits per heavy atom. The van der Waals surface area contributed by atoms with Crippen molar-refractivity contribution in [3.63, 3.8) is 0 Å². The van der Waals surface area contributed by atoms with Crippen LogP contribution in [0.25, 0.3) is 0 Å². The highest BCUT2D eigenvalue weighted by atomic mass is 79.9. The van der Waals surface area contributed by atoms with Gasteiger partial charge >= 0.3 is 0 Å². The number of nitrogens with zero attached hydrogens (tertiary/aromatic N) is 1. The molecule has 1 aromatic heterocycles. The van der Waals surface area contributed by atoms with Crippen LogP contribution >= 0.6 is 15.9 Å². The third-order valence-electron chi connectivity index (χ3n) is 1.51. The molecular formula is C7H7BrN2O. The van der Waals surface area contributed by atoms with E-state index in [1.165, 1.54) is 0 Å². The smallest absolute Gasteiger partial charge is 0.160 e. The van der Waals surface area contributed by atoms with Crippen LogP contribution in [-0.4, -0.2) is 18.1 Å². The van der Waals surface area contributed by atoms with Crippen LogP contribution in [0.5, 0.6) is 5.75 Å². The topological polar surface area (TPSA) is 34.1 Å². The number of rotatable bonds is 0. The van der Waals surface area contributed by atoms with E-state index in [0.29, 0.717) is 0 Å². The molecule has 4 heteroatoms. The van der Waals surface area contributed by atoms with Crippen molar-refractivity contribution in [2.45, 2.75) is 0 Å². The third-order valence-corrected chi connectivity index (χ3v) is 1.94. The molecule has 1 N–H and O–H groups in total. The van der Waals surface area contributed by atoms with E-state index in [4.69, 9.17) is 4.74 Å². The van der Waals surface area contributed by atoms with Crippen LogP contribution in [0.1, 0.15) is 0 Å². The lowest BCUT2D eigenvalue weighted by molar-refractivity contribution is 0.322. The monoisotopic (exact) mass is 214 g/mol. The maximum absolute atomic E-state index is 5.33. The van der Waals surface area contributed by atoms with Gasteiger partial charge < -0.3 is 10.1 Å². The third kappa shape index (κ3) is 1.30. The normalized spacial score (nSPS) is 14.6. The largest absolute Gasteiger partial charge is 0.488 e. The highest BCUT2D eigenvalue weighted by Gasteiger charge is 2.08. The first-order chi connectivity index (χ1) is 5.36. The molecule has 0 amide bonds. The highest BCUT2D eigenvalue weighted by Crippen LogP contribution is 2.27. The van der Waals surface area contributed by atoms with E-state index in [0.717, 1.165) is 29.2 Å². The molecule has 0 unspecified atom stereocenters. The Morgan fingerprint density at radius 3 is 3.45 bits per heavy atom. The fraction of sp³-hybridized carbons (Fsp3) is 0.286. The van der Waals surface area contributed by atoms with Gasteiger partial charge in [-0.1, -0.05) is 0 Å². The molecule has 0 saturated heterocycles. The zero-order chi connectivity index (χ0) is 7.68. The number of pyridine rings is 1. The van der Waals surface area contributed by atoms with Crippen LogP contribution in [0.4, 0.5) is 5.69 Å². The van der Waals surface area contributed by atoms with Gasteiger partial charge in [0.05, 0.1) is 11.9 Å². The summed E-state index contributed by atoms with van der Waals surface area (Å²) >= 11 is 3.28. The molecule has 0 aromatic carbocycles. The minimum Gasteiger partial charge on any atom is -0.488 e. The second kappa shape index (κ2) is 2.70. The lowest BCUT2D eigenvalue weighted by atomic mass is 10.3. The molecule has 0 spiro atoms. The molecular weight excluding hydrogens is 208 g/mol. The fourth-order valence-corrected chi connectivity index (χ4v) is 1.35. The lowest BCUT2D eigenvalue weighted by Crippen LogP contribution is -2.18. The number of ether oxygens (including phenoxy) is 1. The summed E-state index contributed by atoms with van der Waals surface area (Å²) < 4.78 is 6.16. The van der Waals surface area contributed by atoms with Crippen molar-refractivity contribution in [2.24, 2.45) is 0 Å². The lowest BCUT2D eigenvalue weighted by Gasteiger charge is -2.18. The van der Waals surface area contributed by atoms with Crippen LogP contribution in [-0.2, 0) is 0 Å². The Hall–Kier alpha value is -0.770. The maximum atomic E-state index is 5.33. The molecule has 58 valence electrons. The van der Waals surface area contributed by atoms with Crippen LogP contribution in [0.15, 0.2) is 16.9 Å². The van der Waals surface area contributed by atoms with Gasteiger partial charge in [-0.2, -0.15) is 0 Å². The molecule has 0 saturated carbocycles. The van der Waals surface area contributed by atoms with Gasteiger partial charge in [0, 0.05) is 6.54 Å². The standard InChI is InChI=1S/C7H7BrN2O/c8-7-3-5-6(4-10-7)11-2-1-9-5/h3-4,9H,1-2H2. The van der Waals surface area contributed by atoms with Crippen molar-refractivity contribution in [1.82, 2.24) is 4.98 Å². The van der Waals surface area contributed by atoms with Crippen molar-refractivity contribution in [2.75, 3.05) is 18.5 Å². The van der Waals surface area contributed by atoms with E-state index in [9.17, 15) is 0 Å². The van der Waals surface area contributed by atoms with Crippen LogP contribution in [0.2, 0.25) is 0 Å². The molecule has 2 heterocycles. The Morgan fingerprint density at radius 1 is 1.64 bits per heavy atom. The van der Waals surface area contributed by atoms with Crippen molar-refractivity contribution >= 4 is 21.6 Å². The molecule has 2 rings (SSSR count). The quantitative estimate of drug-likeness (QED) is 0.668. The van der Waals surface area contributed by atoms with E-state index in [2.05, 4.69) is 26.2 Å². The summed E-state index contributed by atoms with van der Waals surface area (Å²) in [7, 11) is 0. The molecule has 0 aliphatic carbocycles. The number of hydrogen-bond acceptors (Lipinski definition) is 3. The average molecular weight is 215 g/mol. The number of fused-ring (bicyclic) bond motifs is 1. The molecule has 0 bridgehead atoms. The van der Waals surface area contributed by atoms with Gasteiger partial charge in [-0.25, -0.2) is 4.98 Å². The predicted octanol–water partition coefficient (Wildman–Crippen LogP) is 1.65. The van der Waals surface area contributed by atoms with Crippen LogP contribution in [0.3, 0.4) is 0 Å². The second-order valence-corrected chi connectivity index (χ2v) is 3.09. The summed E-state index contributed by atoms with van der Waals surface area (Å²) in [5.74, 6) is 0.833. The van der Waals surface area contributed by atoms with Crippen LogP contribution in [0, 0.1) is 0 Å². The van der Waals surface area contributed by atoms with Crippen molar-refractivity contribution < 1.29 is 4.74 Å². The van der Waals surface area contributed by atoms with Gasteiger partial charge in [-0.15, -0.1) is 0 Å². The van der Waals surface area contributed by atoms with E-state index in [-0.39, 0.29) is 0 Å². The zero-order valence-electron chi connectivity index (χ0n) is 5.80.